The van der Waals surface area contributed by atoms with Gasteiger partial charge in [-0.3, -0.25) is 4.68 Å². The number of alkyl halides is 3. The molecular formula is C7H10F3N3O. The highest BCUT2D eigenvalue weighted by atomic mass is 19.4. The first kappa shape index (κ1) is 11.0. The average molecular weight is 209 g/mol. The highest BCUT2D eigenvalue weighted by Gasteiger charge is 2.38. The van der Waals surface area contributed by atoms with Crippen LogP contribution in [0.1, 0.15) is 12.7 Å². The number of aliphatic hydroxyl groups is 1. The Morgan fingerprint density at radius 1 is 1.57 bits per heavy atom. The molecule has 0 amide bonds. The van der Waals surface area contributed by atoms with Crippen LogP contribution in [-0.2, 0) is 13.0 Å². The van der Waals surface area contributed by atoms with Gasteiger partial charge >= 0.3 is 6.18 Å². The lowest BCUT2D eigenvalue weighted by molar-refractivity contribution is -0.203. The summed E-state index contributed by atoms with van der Waals surface area (Å²) in [6.45, 7) is 2.16. The maximum absolute atomic E-state index is 12.0. The standard InChI is InChI=1S/C7H10F3N3O/c1-2-13-6(11-4-12-13)3-5(14)7(8,9)10/h4-5,14H,2-3H2,1H3/t5-/m1/s1. The molecule has 0 fully saturated rings. The zero-order valence-electron chi connectivity index (χ0n) is 7.49. The number of hydrogen-bond donors (Lipinski definition) is 1. The van der Waals surface area contributed by atoms with Crippen molar-refractivity contribution in [3.63, 3.8) is 0 Å². The first-order valence-electron chi connectivity index (χ1n) is 4.06. The molecule has 0 saturated carbocycles. The fourth-order valence-corrected chi connectivity index (χ4v) is 0.999. The van der Waals surface area contributed by atoms with Crippen LogP contribution >= 0.6 is 0 Å². The van der Waals surface area contributed by atoms with E-state index >= 15 is 0 Å². The van der Waals surface area contributed by atoms with E-state index in [1.54, 1.807) is 6.92 Å². The molecule has 80 valence electrons. The Kier molecular flexibility index (Phi) is 3.10. The van der Waals surface area contributed by atoms with E-state index in [0.717, 1.165) is 0 Å². The average Bonchev–Trinajstić information content (AvgIpc) is 2.50. The van der Waals surface area contributed by atoms with Crippen LogP contribution in [-0.4, -0.2) is 32.2 Å². The van der Waals surface area contributed by atoms with E-state index < -0.39 is 18.7 Å². The Balaban J connectivity index is 2.69. The highest BCUT2D eigenvalue weighted by molar-refractivity contribution is 4.89. The quantitative estimate of drug-likeness (QED) is 0.799. The van der Waals surface area contributed by atoms with E-state index in [1.165, 1.54) is 11.0 Å². The smallest absolute Gasteiger partial charge is 0.383 e. The van der Waals surface area contributed by atoms with Crippen molar-refractivity contribution in [1.82, 2.24) is 14.8 Å². The van der Waals surface area contributed by atoms with Crippen LogP contribution in [0.15, 0.2) is 6.33 Å². The third kappa shape index (κ3) is 2.44. The molecule has 0 aromatic carbocycles. The number of nitrogens with zero attached hydrogens (tertiary/aromatic N) is 3. The van der Waals surface area contributed by atoms with Crippen LogP contribution in [0.25, 0.3) is 0 Å². The maximum atomic E-state index is 12.0. The molecule has 1 atom stereocenters. The Morgan fingerprint density at radius 2 is 2.21 bits per heavy atom. The number of hydrogen-bond acceptors (Lipinski definition) is 3. The molecule has 0 bridgehead atoms. The molecule has 0 radical (unpaired) electrons. The third-order valence-corrected chi connectivity index (χ3v) is 1.75. The van der Waals surface area contributed by atoms with Gasteiger partial charge in [0.2, 0.25) is 0 Å². The van der Waals surface area contributed by atoms with Gasteiger partial charge < -0.3 is 5.11 Å². The summed E-state index contributed by atoms with van der Waals surface area (Å²) < 4.78 is 37.2. The summed E-state index contributed by atoms with van der Waals surface area (Å²) in [6, 6.07) is 0. The number of rotatable bonds is 3. The van der Waals surface area contributed by atoms with E-state index in [9.17, 15) is 13.2 Å². The van der Waals surface area contributed by atoms with Gasteiger partial charge in [-0.05, 0) is 6.92 Å². The Bertz CT molecular complexity index is 297. The molecule has 1 rings (SSSR count). The Labute approximate surface area is 78.4 Å². The molecule has 7 heteroatoms. The fourth-order valence-electron chi connectivity index (χ4n) is 0.999. The first-order chi connectivity index (χ1) is 6.45. The van der Waals surface area contributed by atoms with E-state index in [2.05, 4.69) is 10.1 Å². The van der Waals surface area contributed by atoms with Crippen molar-refractivity contribution < 1.29 is 18.3 Å². The molecule has 1 aromatic rings. The number of aryl methyl sites for hydroxylation is 1. The third-order valence-electron chi connectivity index (χ3n) is 1.75. The zero-order chi connectivity index (χ0) is 10.8. The second-order valence-electron chi connectivity index (χ2n) is 2.75. The summed E-state index contributed by atoms with van der Waals surface area (Å²) >= 11 is 0. The second kappa shape index (κ2) is 3.95. The Hall–Kier alpha value is -1.11. The normalized spacial score (nSPS) is 14.4. The fraction of sp³-hybridized carbons (Fsp3) is 0.714. The van der Waals surface area contributed by atoms with Crippen molar-refractivity contribution in [3.8, 4) is 0 Å². The van der Waals surface area contributed by atoms with E-state index in [4.69, 9.17) is 5.11 Å². The van der Waals surface area contributed by atoms with Crippen molar-refractivity contribution in [2.45, 2.75) is 32.2 Å². The van der Waals surface area contributed by atoms with Crippen LogP contribution in [0, 0.1) is 0 Å². The van der Waals surface area contributed by atoms with Gasteiger partial charge in [-0.15, -0.1) is 0 Å². The van der Waals surface area contributed by atoms with Gasteiger partial charge in [-0.2, -0.15) is 18.3 Å². The van der Waals surface area contributed by atoms with Gasteiger partial charge in [0.1, 0.15) is 12.2 Å². The van der Waals surface area contributed by atoms with Crippen LogP contribution < -0.4 is 0 Å². The number of aliphatic hydroxyl groups excluding tert-OH is 1. The van der Waals surface area contributed by atoms with E-state index in [-0.39, 0.29) is 5.82 Å². The van der Waals surface area contributed by atoms with E-state index in [0.29, 0.717) is 6.54 Å². The molecule has 4 nitrogen and oxygen atoms in total. The molecule has 14 heavy (non-hydrogen) atoms. The van der Waals surface area contributed by atoms with Gasteiger partial charge in [-0.25, -0.2) is 4.98 Å². The first-order valence-corrected chi connectivity index (χ1v) is 4.06. The van der Waals surface area contributed by atoms with Crippen molar-refractivity contribution in [1.29, 1.82) is 0 Å². The van der Waals surface area contributed by atoms with Gasteiger partial charge in [-0.1, -0.05) is 0 Å². The lowest BCUT2D eigenvalue weighted by Crippen LogP contribution is -2.31. The predicted molar refractivity (Wildman–Crippen MR) is 41.5 cm³/mol. The number of aromatic nitrogens is 3. The van der Waals surface area contributed by atoms with Gasteiger partial charge in [0.05, 0.1) is 0 Å². The lowest BCUT2D eigenvalue weighted by Gasteiger charge is -2.13. The molecule has 0 aliphatic heterocycles. The minimum absolute atomic E-state index is 0.136. The molecule has 0 aliphatic rings. The summed E-state index contributed by atoms with van der Waals surface area (Å²) in [6.07, 6.45) is -6.37. The molecular weight excluding hydrogens is 199 g/mol. The number of halogens is 3. The SMILES string of the molecule is CCn1ncnc1C[C@@H](O)C(F)(F)F. The van der Waals surface area contributed by atoms with Crippen molar-refractivity contribution in [3.05, 3.63) is 12.2 Å². The summed E-state index contributed by atoms with van der Waals surface area (Å²) in [5.41, 5.74) is 0. The minimum Gasteiger partial charge on any atom is -0.383 e. The highest BCUT2D eigenvalue weighted by Crippen LogP contribution is 2.22. The summed E-state index contributed by atoms with van der Waals surface area (Å²) in [7, 11) is 0. The zero-order valence-corrected chi connectivity index (χ0v) is 7.49. The summed E-state index contributed by atoms with van der Waals surface area (Å²) in [5, 5.41) is 12.5. The summed E-state index contributed by atoms with van der Waals surface area (Å²) in [4.78, 5) is 3.63. The van der Waals surface area contributed by atoms with Crippen LogP contribution in [0.4, 0.5) is 13.2 Å². The lowest BCUT2D eigenvalue weighted by atomic mass is 10.2. The van der Waals surface area contributed by atoms with Crippen LogP contribution in [0.2, 0.25) is 0 Å². The molecule has 1 N–H and O–H groups in total. The van der Waals surface area contributed by atoms with Gasteiger partial charge in [0.15, 0.2) is 6.10 Å². The van der Waals surface area contributed by atoms with Crippen molar-refractivity contribution in [2.75, 3.05) is 0 Å². The largest absolute Gasteiger partial charge is 0.414 e. The van der Waals surface area contributed by atoms with Crippen molar-refractivity contribution in [2.24, 2.45) is 0 Å². The molecule has 1 aromatic heterocycles. The maximum Gasteiger partial charge on any atom is 0.414 e. The van der Waals surface area contributed by atoms with Crippen molar-refractivity contribution >= 4 is 0 Å². The van der Waals surface area contributed by atoms with E-state index in [1.807, 2.05) is 0 Å². The topological polar surface area (TPSA) is 50.9 Å². The molecule has 1 heterocycles. The van der Waals surface area contributed by atoms with Crippen LogP contribution in [0.3, 0.4) is 0 Å². The monoisotopic (exact) mass is 209 g/mol. The van der Waals surface area contributed by atoms with Crippen LogP contribution in [0.5, 0.6) is 0 Å². The Morgan fingerprint density at radius 3 is 2.71 bits per heavy atom. The molecule has 0 unspecified atom stereocenters. The molecule has 0 saturated heterocycles. The molecule has 0 aliphatic carbocycles. The predicted octanol–water partition coefficient (Wildman–Crippen LogP) is 0.764. The van der Waals surface area contributed by atoms with Gasteiger partial charge in [0, 0.05) is 13.0 Å². The summed E-state index contributed by atoms with van der Waals surface area (Å²) in [5.74, 6) is 0.136. The minimum atomic E-state index is -4.61. The molecule has 0 spiro atoms. The second-order valence-corrected chi connectivity index (χ2v) is 2.75. The van der Waals surface area contributed by atoms with Gasteiger partial charge in [0.25, 0.3) is 0 Å².